The van der Waals surface area contributed by atoms with Gasteiger partial charge < -0.3 is 5.32 Å². The summed E-state index contributed by atoms with van der Waals surface area (Å²) in [4.78, 5) is 15.0. The van der Waals surface area contributed by atoms with Crippen molar-refractivity contribution in [3.63, 3.8) is 0 Å². The molecule has 0 unspecified atom stereocenters. The second-order valence-electron chi connectivity index (χ2n) is 2.55. The van der Waals surface area contributed by atoms with E-state index in [2.05, 4.69) is 10.3 Å². The van der Waals surface area contributed by atoms with Crippen LogP contribution in [0.3, 0.4) is 0 Å². The molecule has 80 valence electrons. The van der Waals surface area contributed by atoms with Crippen molar-refractivity contribution >= 4 is 5.91 Å². The highest BCUT2D eigenvalue weighted by Gasteiger charge is 2.06. The Balaban J connectivity index is 0.000000921. The second kappa shape index (κ2) is 6.55. The average Bonchev–Trinajstić information content (AvgIpc) is 2.31. The molecule has 0 aliphatic heterocycles. The van der Waals surface area contributed by atoms with Crippen molar-refractivity contribution < 1.29 is 4.79 Å². The maximum absolute atomic E-state index is 11.1. The van der Waals surface area contributed by atoms with Crippen LogP contribution in [0.2, 0.25) is 0 Å². The Morgan fingerprint density at radius 3 is 2.53 bits per heavy atom. The highest BCUT2D eigenvalue weighted by molar-refractivity contribution is 5.92. The molecule has 1 heterocycles. The fourth-order valence-electron chi connectivity index (χ4n) is 0.896. The Hall–Kier alpha value is -1.89. The molecule has 0 aliphatic rings. The van der Waals surface area contributed by atoms with Gasteiger partial charge >= 0.3 is 0 Å². The van der Waals surface area contributed by atoms with Gasteiger partial charge in [-0.2, -0.15) is 5.26 Å². The zero-order valence-corrected chi connectivity index (χ0v) is 9.46. The first-order valence-corrected chi connectivity index (χ1v) is 4.79. The lowest BCUT2D eigenvalue weighted by Crippen LogP contribution is -2.19. The maximum atomic E-state index is 11.1. The number of amides is 1. The summed E-state index contributed by atoms with van der Waals surface area (Å²) in [5, 5.41) is 11.1. The van der Waals surface area contributed by atoms with Gasteiger partial charge in [0.1, 0.15) is 17.5 Å². The number of carbonyl (C=O) groups is 1. The molecule has 0 aliphatic carbocycles. The summed E-state index contributed by atoms with van der Waals surface area (Å²) in [6, 6.07) is 5.22. The quantitative estimate of drug-likeness (QED) is 0.758. The van der Waals surface area contributed by atoms with Crippen LogP contribution >= 0.6 is 0 Å². The molecular weight excluding hydrogens is 190 g/mol. The molecule has 0 fully saturated rings. The van der Waals surface area contributed by atoms with Crippen LogP contribution in [0.4, 0.5) is 0 Å². The number of rotatable bonds is 1. The monoisotopic (exact) mass is 205 g/mol. The van der Waals surface area contributed by atoms with Gasteiger partial charge in [-0.25, -0.2) is 4.98 Å². The third-order valence-electron chi connectivity index (χ3n) is 1.66. The first-order chi connectivity index (χ1) is 7.19. The zero-order valence-electron chi connectivity index (χ0n) is 9.46. The number of aryl methyl sites for hydroxylation is 1. The van der Waals surface area contributed by atoms with Gasteiger partial charge in [-0.3, -0.25) is 4.79 Å². The number of nitriles is 1. The topological polar surface area (TPSA) is 65.8 Å². The summed E-state index contributed by atoms with van der Waals surface area (Å²) in [6.45, 7) is 5.78. The predicted octanol–water partition coefficient (Wildman–Crippen LogP) is 1.65. The lowest BCUT2D eigenvalue weighted by Gasteiger charge is -2.00. The Bertz CT molecular complexity index is 380. The van der Waals surface area contributed by atoms with Gasteiger partial charge in [0.25, 0.3) is 5.91 Å². The number of carbonyl (C=O) groups excluding carboxylic acids is 1. The first kappa shape index (κ1) is 13.1. The van der Waals surface area contributed by atoms with E-state index in [1.54, 1.807) is 19.1 Å². The van der Waals surface area contributed by atoms with E-state index in [0.717, 1.165) is 5.56 Å². The van der Waals surface area contributed by atoms with Crippen molar-refractivity contribution in [1.82, 2.24) is 10.3 Å². The van der Waals surface area contributed by atoms with Crippen LogP contribution in [0.15, 0.2) is 12.1 Å². The van der Waals surface area contributed by atoms with Crippen molar-refractivity contribution in [1.29, 1.82) is 5.26 Å². The molecule has 1 aromatic heterocycles. The molecule has 1 rings (SSSR count). The SMILES string of the molecule is CC.CNC(=O)c1ccc(C)c(C#N)n1. The van der Waals surface area contributed by atoms with Gasteiger partial charge in [0.05, 0.1) is 0 Å². The third kappa shape index (κ3) is 3.39. The van der Waals surface area contributed by atoms with Crippen LogP contribution < -0.4 is 5.32 Å². The molecule has 0 saturated carbocycles. The average molecular weight is 205 g/mol. The standard InChI is InChI=1S/C9H9N3O.C2H6/c1-6-3-4-7(9(13)11-2)12-8(6)5-10;1-2/h3-4H,1-2H3,(H,11,13);1-2H3. The zero-order chi connectivity index (χ0) is 11.8. The van der Waals surface area contributed by atoms with Gasteiger partial charge in [-0.05, 0) is 18.6 Å². The fraction of sp³-hybridized carbons (Fsp3) is 0.364. The van der Waals surface area contributed by atoms with Crippen LogP contribution in [0, 0.1) is 18.3 Å². The van der Waals surface area contributed by atoms with Crippen molar-refractivity contribution in [3.8, 4) is 6.07 Å². The summed E-state index contributed by atoms with van der Waals surface area (Å²) < 4.78 is 0. The maximum Gasteiger partial charge on any atom is 0.269 e. The van der Waals surface area contributed by atoms with Crippen molar-refractivity contribution in [3.05, 3.63) is 29.1 Å². The largest absolute Gasteiger partial charge is 0.354 e. The molecule has 0 bridgehead atoms. The van der Waals surface area contributed by atoms with E-state index >= 15 is 0 Å². The molecular formula is C11H15N3O. The molecule has 0 saturated heterocycles. The number of nitrogens with one attached hydrogen (secondary N) is 1. The van der Waals surface area contributed by atoms with Crippen molar-refractivity contribution in [2.45, 2.75) is 20.8 Å². The molecule has 15 heavy (non-hydrogen) atoms. The smallest absolute Gasteiger partial charge is 0.269 e. The van der Waals surface area contributed by atoms with Gasteiger partial charge in [-0.15, -0.1) is 0 Å². The summed E-state index contributed by atoms with van der Waals surface area (Å²) in [5.41, 5.74) is 1.33. The Morgan fingerprint density at radius 2 is 2.07 bits per heavy atom. The Kier molecular flexibility index (Phi) is 5.72. The molecule has 1 aromatic rings. The van der Waals surface area contributed by atoms with Crippen LogP contribution in [0.25, 0.3) is 0 Å². The summed E-state index contributed by atoms with van der Waals surface area (Å²) in [7, 11) is 1.52. The van der Waals surface area contributed by atoms with Crippen LogP contribution in [-0.2, 0) is 0 Å². The Morgan fingerprint density at radius 1 is 1.47 bits per heavy atom. The number of hydrogen-bond donors (Lipinski definition) is 1. The van der Waals surface area contributed by atoms with E-state index in [4.69, 9.17) is 5.26 Å². The van der Waals surface area contributed by atoms with Gasteiger partial charge in [0.2, 0.25) is 0 Å². The first-order valence-electron chi connectivity index (χ1n) is 4.79. The fourth-order valence-corrected chi connectivity index (χ4v) is 0.896. The number of aromatic nitrogens is 1. The molecule has 0 radical (unpaired) electrons. The van der Waals surface area contributed by atoms with Gasteiger partial charge in [0.15, 0.2) is 0 Å². The molecule has 1 N–H and O–H groups in total. The van der Waals surface area contributed by atoms with E-state index < -0.39 is 0 Å². The summed E-state index contributed by atoms with van der Waals surface area (Å²) in [5.74, 6) is -0.281. The summed E-state index contributed by atoms with van der Waals surface area (Å²) >= 11 is 0. The molecule has 0 atom stereocenters. The molecule has 4 nitrogen and oxygen atoms in total. The van der Waals surface area contributed by atoms with E-state index in [0.29, 0.717) is 5.69 Å². The number of pyridine rings is 1. The van der Waals surface area contributed by atoms with E-state index in [1.165, 1.54) is 7.05 Å². The van der Waals surface area contributed by atoms with E-state index in [-0.39, 0.29) is 11.6 Å². The third-order valence-corrected chi connectivity index (χ3v) is 1.66. The lowest BCUT2D eigenvalue weighted by molar-refractivity contribution is 0.0958. The van der Waals surface area contributed by atoms with Crippen LogP contribution in [-0.4, -0.2) is 17.9 Å². The highest BCUT2D eigenvalue weighted by Crippen LogP contribution is 2.04. The number of nitrogens with zero attached hydrogens (tertiary/aromatic N) is 2. The van der Waals surface area contributed by atoms with Gasteiger partial charge in [-0.1, -0.05) is 19.9 Å². The minimum atomic E-state index is -0.281. The summed E-state index contributed by atoms with van der Waals surface area (Å²) in [6.07, 6.45) is 0. The predicted molar refractivity (Wildman–Crippen MR) is 58.4 cm³/mol. The Labute approximate surface area is 90.0 Å². The van der Waals surface area contributed by atoms with E-state index in [1.807, 2.05) is 19.9 Å². The normalized spacial score (nSPS) is 8.20. The molecule has 4 heteroatoms. The molecule has 0 aromatic carbocycles. The van der Waals surface area contributed by atoms with E-state index in [9.17, 15) is 4.79 Å². The lowest BCUT2D eigenvalue weighted by atomic mass is 10.2. The van der Waals surface area contributed by atoms with Crippen LogP contribution in [0.5, 0.6) is 0 Å². The molecule has 0 spiro atoms. The van der Waals surface area contributed by atoms with Crippen molar-refractivity contribution in [2.24, 2.45) is 0 Å². The highest BCUT2D eigenvalue weighted by atomic mass is 16.1. The molecule has 1 amide bonds. The van der Waals surface area contributed by atoms with Crippen LogP contribution in [0.1, 0.15) is 35.6 Å². The second-order valence-corrected chi connectivity index (χ2v) is 2.55. The van der Waals surface area contributed by atoms with Crippen molar-refractivity contribution in [2.75, 3.05) is 7.05 Å². The minimum absolute atomic E-state index is 0.268. The van der Waals surface area contributed by atoms with Gasteiger partial charge in [0, 0.05) is 7.05 Å². The number of hydrogen-bond acceptors (Lipinski definition) is 3. The minimum Gasteiger partial charge on any atom is -0.354 e.